The molecule has 0 aromatic carbocycles. The molecule has 4 nitrogen and oxygen atoms in total. The second kappa shape index (κ2) is 5.98. The number of methoxy groups -OCH3 is 1. The van der Waals surface area contributed by atoms with Gasteiger partial charge in [0, 0.05) is 5.54 Å². The van der Waals surface area contributed by atoms with Gasteiger partial charge in [0.25, 0.3) is 0 Å². The Kier molecular flexibility index (Phi) is 5.72. The minimum Gasteiger partial charge on any atom is -0.468 e. The molecule has 0 heterocycles. The SMILES string of the molecule is CCC(C)(C)NCCC(N)C(=O)OC. The number of nitrogens with two attached hydrogens (primary N) is 1. The number of esters is 1. The molecule has 0 amide bonds. The van der Waals surface area contributed by atoms with Gasteiger partial charge in [0.2, 0.25) is 0 Å². The lowest BCUT2D eigenvalue weighted by molar-refractivity contribution is -0.142. The van der Waals surface area contributed by atoms with E-state index in [1.54, 1.807) is 0 Å². The molecule has 0 aromatic rings. The summed E-state index contributed by atoms with van der Waals surface area (Å²) in [5.74, 6) is -0.346. The molecular weight excluding hydrogens is 180 g/mol. The second-order valence-corrected chi connectivity index (χ2v) is 4.08. The van der Waals surface area contributed by atoms with Crippen molar-refractivity contribution in [3.63, 3.8) is 0 Å². The Morgan fingerprint density at radius 3 is 2.57 bits per heavy atom. The van der Waals surface area contributed by atoms with Crippen molar-refractivity contribution < 1.29 is 9.53 Å². The third-order valence-electron chi connectivity index (χ3n) is 2.45. The largest absolute Gasteiger partial charge is 0.468 e. The summed E-state index contributed by atoms with van der Waals surface area (Å²) < 4.78 is 4.53. The number of hydrogen-bond acceptors (Lipinski definition) is 4. The molecule has 0 spiro atoms. The van der Waals surface area contributed by atoms with E-state index in [9.17, 15) is 4.79 Å². The molecule has 0 saturated heterocycles. The highest BCUT2D eigenvalue weighted by atomic mass is 16.5. The molecule has 0 aliphatic rings. The Morgan fingerprint density at radius 2 is 2.14 bits per heavy atom. The molecule has 4 heteroatoms. The predicted molar refractivity (Wildman–Crippen MR) is 57.0 cm³/mol. The van der Waals surface area contributed by atoms with E-state index >= 15 is 0 Å². The van der Waals surface area contributed by atoms with E-state index in [-0.39, 0.29) is 11.5 Å². The van der Waals surface area contributed by atoms with Crippen molar-refractivity contribution >= 4 is 5.97 Å². The molecule has 0 fully saturated rings. The fraction of sp³-hybridized carbons (Fsp3) is 0.900. The zero-order valence-corrected chi connectivity index (χ0v) is 9.59. The van der Waals surface area contributed by atoms with Crippen molar-refractivity contribution in [1.82, 2.24) is 5.32 Å². The Labute approximate surface area is 86.2 Å². The molecule has 0 aliphatic heterocycles. The lowest BCUT2D eigenvalue weighted by atomic mass is 10.0. The van der Waals surface area contributed by atoms with Crippen LogP contribution in [-0.4, -0.2) is 31.2 Å². The standard InChI is InChI=1S/C10H22N2O2/c1-5-10(2,3)12-7-6-8(11)9(13)14-4/h8,12H,5-7,11H2,1-4H3. The lowest BCUT2D eigenvalue weighted by Crippen LogP contribution is -2.42. The highest BCUT2D eigenvalue weighted by Crippen LogP contribution is 2.06. The van der Waals surface area contributed by atoms with Crippen LogP contribution in [0.1, 0.15) is 33.6 Å². The average molecular weight is 202 g/mol. The number of nitrogens with one attached hydrogen (secondary N) is 1. The maximum atomic E-state index is 11.0. The van der Waals surface area contributed by atoms with Gasteiger partial charge >= 0.3 is 5.97 Å². The summed E-state index contributed by atoms with van der Waals surface area (Å²) in [6.07, 6.45) is 1.65. The third-order valence-corrected chi connectivity index (χ3v) is 2.45. The fourth-order valence-corrected chi connectivity index (χ4v) is 0.960. The van der Waals surface area contributed by atoms with E-state index in [1.807, 2.05) is 0 Å². The number of rotatable bonds is 6. The first-order chi connectivity index (χ1) is 6.43. The minimum atomic E-state index is -0.514. The molecule has 84 valence electrons. The highest BCUT2D eigenvalue weighted by molar-refractivity contribution is 5.75. The van der Waals surface area contributed by atoms with Gasteiger partial charge in [-0.15, -0.1) is 0 Å². The van der Waals surface area contributed by atoms with Crippen LogP contribution in [-0.2, 0) is 9.53 Å². The minimum absolute atomic E-state index is 0.107. The highest BCUT2D eigenvalue weighted by Gasteiger charge is 2.16. The van der Waals surface area contributed by atoms with Gasteiger partial charge in [-0.25, -0.2) is 0 Å². The van der Waals surface area contributed by atoms with Gasteiger partial charge in [-0.3, -0.25) is 4.79 Å². The maximum absolute atomic E-state index is 11.0. The van der Waals surface area contributed by atoms with Crippen LogP contribution in [0.4, 0.5) is 0 Å². The predicted octanol–water partition coefficient (Wildman–Crippen LogP) is 0.655. The number of carbonyl (C=O) groups excluding carboxylic acids is 1. The molecule has 0 radical (unpaired) electrons. The lowest BCUT2D eigenvalue weighted by Gasteiger charge is -2.25. The van der Waals surface area contributed by atoms with Gasteiger partial charge < -0.3 is 15.8 Å². The van der Waals surface area contributed by atoms with Gasteiger partial charge in [0.15, 0.2) is 0 Å². The van der Waals surface area contributed by atoms with Crippen LogP contribution in [0, 0.1) is 0 Å². The molecule has 0 aliphatic carbocycles. The van der Waals surface area contributed by atoms with E-state index in [1.165, 1.54) is 7.11 Å². The van der Waals surface area contributed by atoms with Crippen LogP contribution in [0.2, 0.25) is 0 Å². The van der Waals surface area contributed by atoms with Crippen molar-refractivity contribution in [3.8, 4) is 0 Å². The Bertz CT molecular complexity index is 181. The fourth-order valence-electron chi connectivity index (χ4n) is 0.960. The van der Waals surface area contributed by atoms with Crippen molar-refractivity contribution in [2.45, 2.75) is 45.2 Å². The Morgan fingerprint density at radius 1 is 1.57 bits per heavy atom. The molecular formula is C10H22N2O2. The molecule has 1 unspecified atom stereocenters. The van der Waals surface area contributed by atoms with Gasteiger partial charge in [0.05, 0.1) is 7.11 Å². The van der Waals surface area contributed by atoms with Crippen molar-refractivity contribution in [1.29, 1.82) is 0 Å². The maximum Gasteiger partial charge on any atom is 0.322 e. The first-order valence-corrected chi connectivity index (χ1v) is 5.01. The van der Waals surface area contributed by atoms with Crippen molar-refractivity contribution in [2.75, 3.05) is 13.7 Å². The van der Waals surface area contributed by atoms with Gasteiger partial charge in [0.1, 0.15) is 6.04 Å². The number of ether oxygens (including phenoxy) is 1. The van der Waals surface area contributed by atoms with E-state index in [4.69, 9.17) is 5.73 Å². The molecule has 0 saturated carbocycles. The third kappa shape index (κ3) is 5.19. The molecule has 0 bridgehead atoms. The molecule has 0 rings (SSSR count). The van der Waals surface area contributed by atoms with E-state index < -0.39 is 6.04 Å². The summed E-state index contributed by atoms with van der Waals surface area (Å²) in [6, 6.07) is -0.514. The van der Waals surface area contributed by atoms with Crippen LogP contribution in [0.15, 0.2) is 0 Å². The van der Waals surface area contributed by atoms with Crippen LogP contribution >= 0.6 is 0 Å². The number of carbonyl (C=O) groups is 1. The van der Waals surface area contributed by atoms with Crippen molar-refractivity contribution in [3.05, 3.63) is 0 Å². The monoisotopic (exact) mass is 202 g/mol. The van der Waals surface area contributed by atoms with Crippen LogP contribution < -0.4 is 11.1 Å². The van der Waals surface area contributed by atoms with Crippen LogP contribution in [0.3, 0.4) is 0 Å². The van der Waals surface area contributed by atoms with Gasteiger partial charge in [-0.1, -0.05) is 6.92 Å². The summed E-state index contributed by atoms with van der Waals surface area (Å²) in [4.78, 5) is 11.0. The van der Waals surface area contributed by atoms with E-state index in [0.717, 1.165) is 13.0 Å². The molecule has 14 heavy (non-hydrogen) atoms. The first kappa shape index (κ1) is 13.4. The van der Waals surface area contributed by atoms with E-state index in [2.05, 4.69) is 30.8 Å². The topological polar surface area (TPSA) is 64.3 Å². The smallest absolute Gasteiger partial charge is 0.322 e. The van der Waals surface area contributed by atoms with Crippen LogP contribution in [0.25, 0.3) is 0 Å². The Hall–Kier alpha value is -0.610. The quantitative estimate of drug-likeness (QED) is 0.621. The normalized spacial score (nSPS) is 13.8. The molecule has 3 N–H and O–H groups in total. The zero-order chi connectivity index (χ0) is 11.2. The molecule has 1 atom stereocenters. The second-order valence-electron chi connectivity index (χ2n) is 4.08. The summed E-state index contributed by atoms with van der Waals surface area (Å²) >= 11 is 0. The number of hydrogen-bond donors (Lipinski definition) is 2. The molecule has 0 aromatic heterocycles. The average Bonchev–Trinajstić information content (AvgIpc) is 2.16. The zero-order valence-electron chi connectivity index (χ0n) is 9.59. The summed E-state index contributed by atoms with van der Waals surface area (Å²) in [5, 5.41) is 3.33. The van der Waals surface area contributed by atoms with Gasteiger partial charge in [-0.05, 0) is 33.2 Å². The Balaban J connectivity index is 3.69. The first-order valence-electron chi connectivity index (χ1n) is 5.01. The summed E-state index contributed by atoms with van der Waals surface area (Å²) in [5.41, 5.74) is 5.69. The summed E-state index contributed by atoms with van der Waals surface area (Å²) in [6.45, 7) is 7.09. The van der Waals surface area contributed by atoms with Gasteiger partial charge in [-0.2, -0.15) is 0 Å². The van der Waals surface area contributed by atoms with E-state index in [0.29, 0.717) is 6.42 Å². The summed E-state index contributed by atoms with van der Waals surface area (Å²) in [7, 11) is 1.35. The van der Waals surface area contributed by atoms with Crippen molar-refractivity contribution in [2.24, 2.45) is 5.73 Å². The van der Waals surface area contributed by atoms with Crippen LogP contribution in [0.5, 0.6) is 0 Å².